The van der Waals surface area contributed by atoms with Gasteiger partial charge in [0.05, 0.1) is 12.8 Å². The predicted octanol–water partition coefficient (Wildman–Crippen LogP) is 3.02. The predicted molar refractivity (Wildman–Crippen MR) is 92.9 cm³/mol. The number of aryl methyl sites for hydroxylation is 1. The lowest BCUT2D eigenvalue weighted by molar-refractivity contribution is -0.144. The fourth-order valence-electron chi connectivity index (χ4n) is 2.72. The van der Waals surface area contributed by atoms with Crippen LogP contribution in [0.2, 0.25) is 0 Å². The molecule has 0 radical (unpaired) electrons. The van der Waals surface area contributed by atoms with Crippen LogP contribution in [-0.4, -0.2) is 30.8 Å². The molecule has 2 aromatic carbocycles. The van der Waals surface area contributed by atoms with E-state index in [1.54, 1.807) is 13.8 Å². The second-order valence-electron chi connectivity index (χ2n) is 5.60. The van der Waals surface area contributed by atoms with E-state index >= 15 is 0 Å². The minimum Gasteiger partial charge on any atom is -0.467 e. The lowest BCUT2D eigenvalue weighted by Gasteiger charge is -2.29. The minimum absolute atomic E-state index is 0.0764. The Morgan fingerprint density at radius 3 is 2.42 bits per heavy atom. The smallest absolute Gasteiger partial charge is 0.328 e. The normalized spacial score (nSPS) is 11.8. The molecule has 126 valence electrons. The Kier molecular flexibility index (Phi) is 5.34. The number of nitrogens with zero attached hydrogens (tertiary/aromatic N) is 1. The molecule has 0 bridgehead atoms. The number of fused-ring (bicyclic) bond motifs is 1. The van der Waals surface area contributed by atoms with Gasteiger partial charge in [-0.2, -0.15) is 0 Å². The van der Waals surface area contributed by atoms with Crippen molar-refractivity contribution in [1.82, 2.24) is 0 Å². The van der Waals surface area contributed by atoms with Crippen LogP contribution in [0.5, 0.6) is 0 Å². The molecule has 2 rings (SSSR count). The van der Waals surface area contributed by atoms with E-state index in [9.17, 15) is 14.4 Å². The Balaban J connectivity index is 2.72. The first-order chi connectivity index (χ1) is 11.4. The molecule has 0 unspecified atom stereocenters. The highest BCUT2D eigenvalue weighted by atomic mass is 16.5. The summed E-state index contributed by atoms with van der Waals surface area (Å²) in [5, 5.41) is 1.74. The number of Topliss-reactive ketones (excluding diaryl/α,β-unsaturated/α-hetero) is 1. The van der Waals surface area contributed by atoms with Crippen LogP contribution in [-0.2, 0) is 19.1 Å². The number of carbonyl (C=O) groups is 3. The van der Waals surface area contributed by atoms with Crippen LogP contribution in [0.3, 0.4) is 0 Å². The molecule has 0 aliphatic carbocycles. The third kappa shape index (κ3) is 3.15. The van der Waals surface area contributed by atoms with Gasteiger partial charge in [0.1, 0.15) is 6.04 Å². The summed E-state index contributed by atoms with van der Waals surface area (Å²) in [4.78, 5) is 38.1. The number of carbonyl (C=O) groups excluding carboxylic acids is 3. The molecular formula is C19H21NO4. The van der Waals surface area contributed by atoms with E-state index in [-0.39, 0.29) is 6.42 Å². The SMILES string of the molecule is CCC(=O)C(=O)N(c1c(C)ccc2ccccc12)[C@@H](C)C(=O)OC. The average molecular weight is 327 g/mol. The monoisotopic (exact) mass is 327 g/mol. The first-order valence-corrected chi connectivity index (χ1v) is 7.84. The van der Waals surface area contributed by atoms with E-state index in [1.165, 1.54) is 12.0 Å². The van der Waals surface area contributed by atoms with Gasteiger partial charge in [-0.15, -0.1) is 0 Å². The molecule has 0 aliphatic heterocycles. The standard InChI is InChI=1S/C19H21NO4/c1-5-16(21)18(22)20(13(3)19(23)24-4)17-12(2)10-11-14-8-6-7-9-15(14)17/h6-11,13H,5H2,1-4H3/t13-/m0/s1. The summed E-state index contributed by atoms with van der Waals surface area (Å²) in [5.74, 6) is -1.81. The number of anilines is 1. The van der Waals surface area contributed by atoms with Crippen molar-refractivity contribution in [2.45, 2.75) is 33.2 Å². The van der Waals surface area contributed by atoms with Crippen molar-refractivity contribution in [1.29, 1.82) is 0 Å². The van der Waals surface area contributed by atoms with Crippen molar-refractivity contribution in [2.75, 3.05) is 12.0 Å². The largest absolute Gasteiger partial charge is 0.467 e. The Hall–Kier alpha value is -2.69. The summed E-state index contributed by atoms with van der Waals surface area (Å²) in [6.07, 6.45) is 0.0764. The maximum absolute atomic E-state index is 12.7. The molecule has 1 atom stereocenters. The van der Waals surface area contributed by atoms with Gasteiger partial charge in [0.25, 0.3) is 5.91 Å². The lowest BCUT2D eigenvalue weighted by Crippen LogP contribution is -2.47. The molecule has 2 aromatic rings. The highest BCUT2D eigenvalue weighted by Gasteiger charge is 2.33. The number of benzene rings is 2. The quantitative estimate of drug-likeness (QED) is 0.625. The van der Waals surface area contributed by atoms with Gasteiger partial charge in [-0.1, -0.05) is 43.3 Å². The highest BCUT2D eigenvalue weighted by Crippen LogP contribution is 2.32. The molecule has 0 fully saturated rings. The molecular weight excluding hydrogens is 306 g/mol. The van der Waals surface area contributed by atoms with E-state index in [1.807, 2.05) is 43.3 Å². The van der Waals surface area contributed by atoms with E-state index in [0.717, 1.165) is 16.3 Å². The first kappa shape index (κ1) is 17.7. The zero-order valence-corrected chi connectivity index (χ0v) is 14.3. The second kappa shape index (κ2) is 7.25. The van der Waals surface area contributed by atoms with Crippen molar-refractivity contribution < 1.29 is 19.1 Å². The minimum atomic E-state index is -0.900. The van der Waals surface area contributed by atoms with Crippen LogP contribution in [0.15, 0.2) is 36.4 Å². The number of amides is 1. The number of ketones is 1. The molecule has 0 heterocycles. The summed E-state index contributed by atoms with van der Waals surface area (Å²) >= 11 is 0. The summed E-state index contributed by atoms with van der Waals surface area (Å²) < 4.78 is 4.79. The number of hydrogen-bond acceptors (Lipinski definition) is 4. The Morgan fingerprint density at radius 2 is 1.79 bits per heavy atom. The molecule has 0 aromatic heterocycles. The van der Waals surface area contributed by atoms with Gasteiger partial charge in [0.15, 0.2) is 0 Å². The van der Waals surface area contributed by atoms with Crippen molar-refractivity contribution in [3.63, 3.8) is 0 Å². The first-order valence-electron chi connectivity index (χ1n) is 7.84. The molecule has 0 N–H and O–H groups in total. The molecule has 0 saturated carbocycles. The van der Waals surface area contributed by atoms with E-state index in [0.29, 0.717) is 5.69 Å². The maximum Gasteiger partial charge on any atom is 0.328 e. The molecule has 0 aliphatic rings. The number of methoxy groups -OCH3 is 1. The molecule has 24 heavy (non-hydrogen) atoms. The van der Waals surface area contributed by atoms with Crippen molar-refractivity contribution in [3.8, 4) is 0 Å². The third-order valence-electron chi connectivity index (χ3n) is 4.05. The van der Waals surface area contributed by atoms with Crippen LogP contribution in [0, 0.1) is 6.92 Å². The number of rotatable bonds is 5. The van der Waals surface area contributed by atoms with E-state index in [4.69, 9.17) is 4.74 Å². The van der Waals surface area contributed by atoms with Gasteiger partial charge in [0.2, 0.25) is 5.78 Å². The van der Waals surface area contributed by atoms with Crippen LogP contribution in [0.25, 0.3) is 10.8 Å². The highest BCUT2D eigenvalue weighted by molar-refractivity contribution is 6.42. The van der Waals surface area contributed by atoms with E-state index in [2.05, 4.69) is 0 Å². The molecule has 5 nitrogen and oxygen atoms in total. The maximum atomic E-state index is 12.7. The molecule has 5 heteroatoms. The van der Waals surface area contributed by atoms with Gasteiger partial charge in [-0.05, 0) is 24.8 Å². The van der Waals surface area contributed by atoms with E-state index < -0.39 is 23.7 Å². The lowest BCUT2D eigenvalue weighted by atomic mass is 10.0. The van der Waals surface area contributed by atoms with Gasteiger partial charge in [-0.3, -0.25) is 14.5 Å². The van der Waals surface area contributed by atoms with Crippen LogP contribution >= 0.6 is 0 Å². The van der Waals surface area contributed by atoms with Crippen LogP contribution < -0.4 is 4.90 Å². The van der Waals surface area contributed by atoms with Gasteiger partial charge in [0, 0.05) is 11.8 Å². The van der Waals surface area contributed by atoms with Gasteiger partial charge < -0.3 is 4.74 Å². The molecule has 0 saturated heterocycles. The summed E-state index contributed by atoms with van der Waals surface area (Å²) in [6, 6.07) is 10.5. The van der Waals surface area contributed by atoms with Crippen molar-refractivity contribution in [3.05, 3.63) is 42.0 Å². The summed E-state index contributed by atoms with van der Waals surface area (Å²) in [6.45, 7) is 5.04. The Labute approximate surface area is 141 Å². The Bertz CT molecular complexity index is 797. The number of esters is 1. The molecule has 1 amide bonds. The fraction of sp³-hybridized carbons (Fsp3) is 0.316. The molecule has 0 spiro atoms. The van der Waals surface area contributed by atoms with Gasteiger partial charge >= 0.3 is 5.97 Å². The average Bonchev–Trinajstić information content (AvgIpc) is 2.61. The topological polar surface area (TPSA) is 63.7 Å². The zero-order chi connectivity index (χ0) is 17.9. The van der Waals surface area contributed by atoms with Crippen molar-refractivity contribution >= 4 is 34.1 Å². The zero-order valence-electron chi connectivity index (χ0n) is 14.3. The summed E-state index contributed by atoms with van der Waals surface area (Å²) in [5.41, 5.74) is 1.37. The van der Waals surface area contributed by atoms with Crippen LogP contribution in [0.4, 0.5) is 5.69 Å². The summed E-state index contributed by atoms with van der Waals surface area (Å²) in [7, 11) is 1.26. The number of hydrogen-bond donors (Lipinski definition) is 0. The number of ether oxygens (including phenoxy) is 1. The Morgan fingerprint density at radius 1 is 1.12 bits per heavy atom. The fourth-order valence-corrected chi connectivity index (χ4v) is 2.72. The van der Waals surface area contributed by atoms with Crippen LogP contribution in [0.1, 0.15) is 25.8 Å². The van der Waals surface area contributed by atoms with Gasteiger partial charge in [-0.25, -0.2) is 4.79 Å². The third-order valence-corrected chi connectivity index (χ3v) is 4.05. The van der Waals surface area contributed by atoms with Crippen molar-refractivity contribution in [2.24, 2.45) is 0 Å². The second-order valence-corrected chi connectivity index (χ2v) is 5.60.